The highest BCUT2D eigenvalue weighted by molar-refractivity contribution is 5.81. The Balaban J connectivity index is 1.56. The minimum atomic E-state index is -0.270. The van der Waals surface area contributed by atoms with Crippen LogP contribution in [0.3, 0.4) is 0 Å². The fourth-order valence-electron chi connectivity index (χ4n) is 3.73. The predicted octanol–water partition coefficient (Wildman–Crippen LogP) is 3.30. The number of hydrogen-bond acceptors (Lipinski definition) is 3. The molecule has 144 valence electrons. The highest BCUT2D eigenvalue weighted by Crippen LogP contribution is 2.21. The lowest BCUT2D eigenvalue weighted by Crippen LogP contribution is -2.54. The number of carbonyl (C=O) groups is 1. The van der Waals surface area contributed by atoms with Crippen LogP contribution in [0.2, 0.25) is 0 Å². The Morgan fingerprint density at radius 1 is 1.11 bits per heavy atom. The summed E-state index contributed by atoms with van der Waals surface area (Å²) in [7, 11) is 1.79. The second-order valence-corrected chi connectivity index (χ2v) is 7.31. The summed E-state index contributed by atoms with van der Waals surface area (Å²) in [5.74, 6) is -0.197. The largest absolute Gasteiger partial charge is 0.369 e. The summed E-state index contributed by atoms with van der Waals surface area (Å²) in [6.07, 6.45) is 0. The summed E-state index contributed by atoms with van der Waals surface area (Å²) in [4.78, 5) is 19.1. The molecule has 4 nitrogen and oxygen atoms in total. The summed E-state index contributed by atoms with van der Waals surface area (Å²) in [5.41, 5.74) is 3.37. The molecule has 0 spiro atoms. The molecule has 0 aromatic heterocycles. The Labute approximate surface area is 161 Å². The number of halogens is 1. The molecular formula is C22H28FN3O. The molecule has 2 aromatic carbocycles. The molecule has 1 atom stereocenters. The van der Waals surface area contributed by atoms with Crippen LogP contribution in [0.1, 0.15) is 18.1 Å². The molecule has 1 saturated heterocycles. The van der Waals surface area contributed by atoms with Crippen LogP contribution in [0.5, 0.6) is 0 Å². The van der Waals surface area contributed by atoms with Crippen LogP contribution >= 0.6 is 0 Å². The average molecular weight is 369 g/mol. The molecular weight excluding hydrogens is 341 g/mol. The van der Waals surface area contributed by atoms with Crippen LogP contribution < -0.4 is 4.90 Å². The maximum absolute atomic E-state index is 13.4. The van der Waals surface area contributed by atoms with Gasteiger partial charge in [0.25, 0.3) is 0 Å². The van der Waals surface area contributed by atoms with Crippen LogP contribution in [0.4, 0.5) is 10.1 Å². The summed E-state index contributed by atoms with van der Waals surface area (Å²) in [5, 5.41) is 0. The number of anilines is 1. The molecule has 5 heteroatoms. The zero-order valence-electron chi connectivity index (χ0n) is 16.4. The fraction of sp³-hybridized carbons (Fsp3) is 0.409. The van der Waals surface area contributed by atoms with Crippen molar-refractivity contribution in [1.82, 2.24) is 9.80 Å². The minimum absolute atomic E-state index is 0.0728. The van der Waals surface area contributed by atoms with E-state index in [4.69, 9.17) is 0 Å². The molecule has 1 heterocycles. The number of hydrogen-bond donors (Lipinski definition) is 0. The monoisotopic (exact) mass is 369 g/mol. The first kappa shape index (κ1) is 19.4. The third-order valence-electron chi connectivity index (χ3n) is 5.36. The number of carbonyl (C=O) groups excluding carboxylic acids is 1. The number of benzene rings is 2. The lowest BCUT2D eigenvalue weighted by atomic mass is 10.1. The molecule has 0 unspecified atom stereocenters. The van der Waals surface area contributed by atoms with Gasteiger partial charge < -0.3 is 9.80 Å². The molecule has 0 radical (unpaired) electrons. The van der Waals surface area contributed by atoms with Gasteiger partial charge in [0.05, 0.1) is 6.04 Å². The zero-order chi connectivity index (χ0) is 19.4. The van der Waals surface area contributed by atoms with E-state index < -0.39 is 0 Å². The number of nitrogens with zero attached hydrogens (tertiary/aromatic N) is 3. The van der Waals surface area contributed by atoms with E-state index in [-0.39, 0.29) is 17.8 Å². The van der Waals surface area contributed by atoms with Gasteiger partial charge in [0.2, 0.25) is 5.91 Å². The first-order chi connectivity index (χ1) is 13.0. The topological polar surface area (TPSA) is 26.8 Å². The maximum Gasteiger partial charge on any atom is 0.239 e. The first-order valence-corrected chi connectivity index (χ1v) is 9.50. The Hall–Kier alpha value is -2.40. The second-order valence-electron chi connectivity index (χ2n) is 7.31. The third-order valence-corrected chi connectivity index (χ3v) is 5.36. The van der Waals surface area contributed by atoms with Crippen molar-refractivity contribution in [2.75, 3.05) is 38.1 Å². The standard InChI is InChI=1S/C22H28FN3O/c1-17-7-4-5-10-21(17)26-13-11-25(12-14-26)18(2)22(27)24(3)16-19-8-6-9-20(23)15-19/h4-10,15,18H,11-14,16H2,1-3H3/t18-/m0/s1. The molecule has 1 aliphatic rings. The van der Waals surface area contributed by atoms with Crippen LogP contribution in [0.15, 0.2) is 48.5 Å². The molecule has 1 fully saturated rings. The van der Waals surface area contributed by atoms with E-state index in [2.05, 4.69) is 41.0 Å². The van der Waals surface area contributed by atoms with Gasteiger partial charge >= 0.3 is 0 Å². The van der Waals surface area contributed by atoms with Gasteiger partial charge in [-0.2, -0.15) is 0 Å². The quantitative estimate of drug-likeness (QED) is 0.809. The van der Waals surface area contributed by atoms with Gasteiger partial charge in [0.15, 0.2) is 0 Å². The molecule has 1 amide bonds. The number of aryl methyl sites for hydroxylation is 1. The van der Waals surface area contributed by atoms with Gasteiger partial charge in [-0.1, -0.05) is 30.3 Å². The van der Waals surface area contributed by atoms with E-state index in [1.54, 1.807) is 18.0 Å². The Bertz CT molecular complexity index is 787. The number of amides is 1. The number of rotatable bonds is 5. The normalized spacial score (nSPS) is 16.2. The van der Waals surface area contributed by atoms with E-state index >= 15 is 0 Å². The van der Waals surface area contributed by atoms with Crippen molar-refractivity contribution in [1.29, 1.82) is 0 Å². The van der Waals surface area contributed by atoms with Gasteiger partial charge in [-0.15, -0.1) is 0 Å². The van der Waals surface area contributed by atoms with E-state index in [9.17, 15) is 9.18 Å². The van der Waals surface area contributed by atoms with E-state index in [0.29, 0.717) is 6.54 Å². The van der Waals surface area contributed by atoms with Crippen molar-refractivity contribution in [3.63, 3.8) is 0 Å². The summed E-state index contributed by atoms with van der Waals surface area (Å²) in [6.45, 7) is 8.06. The lowest BCUT2D eigenvalue weighted by Gasteiger charge is -2.40. The highest BCUT2D eigenvalue weighted by Gasteiger charge is 2.27. The van der Waals surface area contributed by atoms with Gasteiger partial charge in [-0.25, -0.2) is 4.39 Å². The minimum Gasteiger partial charge on any atom is -0.369 e. The predicted molar refractivity (Wildman–Crippen MR) is 107 cm³/mol. The molecule has 0 saturated carbocycles. The Kier molecular flexibility index (Phi) is 6.11. The van der Waals surface area contributed by atoms with Crippen LogP contribution in [0.25, 0.3) is 0 Å². The highest BCUT2D eigenvalue weighted by atomic mass is 19.1. The zero-order valence-corrected chi connectivity index (χ0v) is 16.4. The van der Waals surface area contributed by atoms with Crippen molar-refractivity contribution >= 4 is 11.6 Å². The second kappa shape index (κ2) is 8.53. The van der Waals surface area contributed by atoms with E-state index in [0.717, 1.165) is 31.7 Å². The smallest absolute Gasteiger partial charge is 0.239 e. The molecule has 3 rings (SSSR count). The lowest BCUT2D eigenvalue weighted by molar-refractivity contribution is -0.135. The molecule has 27 heavy (non-hydrogen) atoms. The average Bonchev–Trinajstić information content (AvgIpc) is 2.67. The van der Waals surface area contributed by atoms with Crippen molar-refractivity contribution < 1.29 is 9.18 Å². The van der Waals surface area contributed by atoms with E-state index in [1.165, 1.54) is 23.4 Å². The molecule has 1 aliphatic heterocycles. The van der Waals surface area contributed by atoms with Crippen LogP contribution in [-0.4, -0.2) is 55.0 Å². The fourth-order valence-corrected chi connectivity index (χ4v) is 3.73. The van der Waals surface area contributed by atoms with Gasteiger partial charge in [0, 0.05) is 45.5 Å². The van der Waals surface area contributed by atoms with Crippen molar-refractivity contribution in [3.05, 3.63) is 65.5 Å². The summed E-state index contributed by atoms with van der Waals surface area (Å²) >= 11 is 0. The summed E-state index contributed by atoms with van der Waals surface area (Å²) < 4.78 is 13.4. The van der Waals surface area contributed by atoms with Crippen LogP contribution in [-0.2, 0) is 11.3 Å². The molecule has 0 aliphatic carbocycles. The number of para-hydroxylation sites is 1. The van der Waals surface area contributed by atoms with E-state index in [1.807, 2.05) is 13.0 Å². The summed E-state index contributed by atoms with van der Waals surface area (Å²) in [6, 6.07) is 14.7. The van der Waals surface area contributed by atoms with Gasteiger partial charge in [-0.05, 0) is 43.2 Å². The molecule has 2 aromatic rings. The Morgan fingerprint density at radius 2 is 1.81 bits per heavy atom. The van der Waals surface area contributed by atoms with Gasteiger partial charge in [-0.3, -0.25) is 9.69 Å². The van der Waals surface area contributed by atoms with Crippen LogP contribution in [0, 0.1) is 12.7 Å². The van der Waals surface area contributed by atoms with Crippen molar-refractivity contribution in [3.8, 4) is 0 Å². The number of piperazine rings is 1. The SMILES string of the molecule is Cc1ccccc1N1CCN([C@@H](C)C(=O)N(C)Cc2cccc(F)c2)CC1. The molecule has 0 N–H and O–H groups in total. The van der Waals surface area contributed by atoms with Gasteiger partial charge in [0.1, 0.15) is 5.82 Å². The Morgan fingerprint density at radius 3 is 2.48 bits per heavy atom. The third kappa shape index (κ3) is 4.66. The molecule has 0 bridgehead atoms. The number of likely N-dealkylation sites (N-methyl/N-ethyl adjacent to an activating group) is 1. The van der Waals surface area contributed by atoms with Crippen molar-refractivity contribution in [2.45, 2.75) is 26.4 Å². The first-order valence-electron chi connectivity index (χ1n) is 9.50. The maximum atomic E-state index is 13.4. The van der Waals surface area contributed by atoms with Crippen molar-refractivity contribution in [2.24, 2.45) is 0 Å².